The van der Waals surface area contributed by atoms with Gasteiger partial charge in [-0.2, -0.15) is 0 Å². The number of nitrogens with zero attached hydrogens (tertiary/aromatic N) is 2. The Morgan fingerprint density at radius 2 is 1.81 bits per heavy atom. The number of thiazole rings is 1. The van der Waals surface area contributed by atoms with Gasteiger partial charge in [0.2, 0.25) is 0 Å². The van der Waals surface area contributed by atoms with Crippen LogP contribution in [0.1, 0.15) is 50.6 Å². The molecule has 0 radical (unpaired) electrons. The largest absolute Gasteiger partial charge is 0.507 e. The van der Waals surface area contributed by atoms with Crippen molar-refractivity contribution in [1.82, 2.24) is 4.98 Å². The predicted molar refractivity (Wildman–Crippen MR) is 166 cm³/mol. The zero-order chi connectivity index (χ0) is 31.0. The van der Waals surface area contributed by atoms with Gasteiger partial charge in [-0.1, -0.05) is 41.2 Å². The smallest absolute Gasteiger partial charge is 0.301 e. The van der Waals surface area contributed by atoms with E-state index in [4.69, 9.17) is 9.47 Å². The van der Waals surface area contributed by atoms with Crippen LogP contribution in [0.25, 0.3) is 5.76 Å². The quantitative estimate of drug-likeness (QED) is 0.0930. The number of aromatic hydroxyl groups is 1. The minimum atomic E-state index is -1.14. The van der Waals surface area contributed by atoms with Crippen molar-refractivity contribution >= 4 is 55.6 Å². The number of aryl methyl sites for hydroxylation is 2. The molecule has 220 valence electrons. The first-order chi connectivity index (χ1) is 20.5. The van der Waals surface area contributed by atoms with Crippen LogP contribution in [-0.4, -0.2) is 39.8 Å². The summed E-state index contributed by atoms with van der Waals surface area (Å²) in [5.74, 6) is -2.01. The van der Waals surface area contributed by atoms with Crippen molar-refractivity contribution in [3.8, 4) is 17.2 Å². The monoisotopic (exact) mass is 662 g/mol. The molecule has 1 fully saturated rings. The van der Waals surface area contributed by atoms with Crippen LogP contribution in [0.2, 0.25) is 0 Å². The Balaban J connectivity index is 1.59. The van der Waals surface area contributed by atoms with E-state index in [0.717, 1.165) is 27.4 Å². The Morgan fingerprint density at radius 1 is 1.09 bits per heavy atom. The van der Waals surface area contributed by atoms with Crippen LogP contribution < -0.4 is 14.4 Å². The third-order valence-electron chi connectivity index (χ3n) is 6.96. The van der Waals surface area contributed by atoms with Crippen molar-refractivity contribution < 1.29 is 34.1 Å². The van der Waals surface area contributed by atoms with Crippen LogP contribution in [-0.2, 0) is 16.2 Å². The number of ketones is 2. The molecule has 0 bridgehead atoms. The minimum Gasteiger partial charge on any atom is -0.507 e. The molecule has 3 aromatic carbocycles. The van der Waals surface area contributed by atoms with E-state index in [-0.39, 0.29) is 38.0 Å². The Morgan fingerprint density at radius 3 is 2.44 bits per heavy atom. The molecular weight excluding hydrogens is 636 g/mol. The number of hydrogen-bond donors (Lipinski definition) is 2. The number of hydrogen-bond acceptors (Lipinski definition) is 9. The van der Waals surface area contributed by atoms with E-state index in [1.165, 1.54) is 26.2 Å². The molecule has 1 amide bonds. The lowest BCUT2D eigenvalue weighted by atomic mass is 9.95. The van der Waals surface area contributed by atoms with Crippen molar-refractivity contribution in [3.63, 3.8) is 0 Å². The third kappa shape index (κ3) is 5.78. The van der Waals surface area contributed by atoms with Gasteiger partial charge >= 0.3 is 5.91 Å². The molecule has 11 heteroatoms. The van der Waals surface area contributed by atoms with Gasteiger partial charge in [0.15, 0.2) is 22.4 Å². The SMILES string of the molecule is COc1cc(C2/C(=C(\O)c3ccc(OCc4cccc(C)c4)cc3)C(=O)C(=O)N2c2nc(C)c(C(C)=O)s2)cc(Br)c1O. The lowest BCUT2D eigenvalue weighted by Crippen LogP contribution is -2.29. The van der Waals surface area contributed by atoms with E-state index in [1.807, 2.05) is 31.2 Å². The van der Waals surface area contributed by atoms with E-state index in [0.29, 0.717) is 28.5 Å². The van der Waals surface area contributed by atoms with Gasteiger partial charge in [0.25, 0.3) is 5.78 Å². The van der Waals surface area contributed by atoms with Gasteiger partial charge in [0.05, 0.1) is 33.8 Å². The molecule has 4 aromatic rings. The van der Waals surface area contributed by atoms with Crippen molar-refractivity contribution in [2.75, 3.05) is 12.0 Å². The van der Waals surface area contributed by atoms with Gasteiger partial charge < -0.3 is 19.7 Å². The second kappa shape index (κ2) is 12.0. The third-order valence-corrected chi connectivity index (χ3v) is 8.82. The van der Waals surface area contributed by atoms with Crippen LogP contribution in [0, 0.1) is 13.8 Å². The van der Waals surface area contributed by atoms with Crippen molar-refractivity contribution in [2.24, 2.45) is 0 Å². The van der Waals surface area contributed by atoms with Gasteiger partial charge in [-0.3, -0.25) is 19.3 Å². The average molecular weight is 664 g/mol. The summed E-state index contributed by atoms with van der Waals surface area (Å²) in [5.41, 5.74) is 3.01. The first-order valence-electron chi connectivity index (χ1n) is 13.1. The van der Waals surface area contributed by atoms with Crippen LogP contribution in [0.15, 0.2) is 70.7 Å². The average Bonchev–Trinajstić information content (AvgIpc) is 3.49. The number of amides is 1. The summed E-state index contributed by atoms with van der Waals surface area (Å²) >= 11 is 4.28. The molecule has 2 N–H and O–H groups in total. The molecule has 1 saturated heterocycles. The van der Waals surface area contributed by atoms with Gasteiger partial charge in [0, 0.05) is 12.5 Å². The summed E-state index contributed by atoms with van der Waals surface area (Å²) in [4.78, 5) is 45.2. The molecule has 1 atom stereocenters. The van der Waals surface area contributed by atoms with Gasteiger partial charge in [-0.15, -0.1) is 0 Å². The van der Waals surface area contributed by atoms with Gasteiger partial charge in [0.1, 0.15) is 18.1 Å². The van der Waals surface area contributed by atoms with Crippen LogP contribution >= 0.6 is 27.3 Å². The Labute approximate surface area is 260 Å². The normalized spacial score (nSPS) is 16.0. The zero-order valence-corrected chi connectivity index (χ0v) is 26.1. The second-order valence-electron chi connectivity index (χ2n) is 9.99. The lowest BCUT2D eigenvalue weighted by molar-refractivity contribution is -0.132. The molecule has 0 saturated carbocycles. The minimum absolute atomic E-state index is 0.0878. The summed E-state index contributed by atoms with van der Waals surface area (Å²) in [6.07, 6.45) is 0. The molecule has 5 rings (SSSR count). The lowest BCUT2D eigenvalue weighted by Gasteiger charge is -2.24. The molecule has 0 aliphatic carbocycles. The Kier molecular flexibility index (Phi) is 8.38. The van der Waals surface area contributed by atoms with Crippen molar-refractivity contribution in [1.29, 1.82) is 0 Å². The number of halogens is 1. The fourth-order valence-corrected chi connectivity index (χ4v) is 6.35. The van der Waals surface area contributed by atoms with Crippen LogP contribution in [0.5, 0.6) is 17.2 Å². The highest BCUT2D eigenvalue weighted by atomic mass is 79.9. The molecule has 2 heterocycles. The van der Waals surface area contributed by atoms with Crippen molar-refractivity contribution in [3.05, 3.63) is 104 Å². The van der Waals surface area contributed by atoms with E-state index < -0.39 is 23.5 Å². The van der Waals surface area contributed by atoms with E-state index in [2.05, 4.69) is 20.9 Å². The summed E-state index contributed by atoms with van der Waals surface area (Å²) in [6, 6.07) is 16.3. The fraction of sp³-hybridized carbons (Fsp3) is 0.188. The highest BCUT2D eigenvalue weighted by molar-refractivity contribution is 9.10. The molecule has 1 aromatic heterocycles. The number of carbonyl (C=O) groups excluding carboxylic acids is 3. The second-order valence-corrected chi connectivity index (χ2v) is 11.8. The van der Waals surface area contributed by atoms with Crippen molar-refractivity contribution in [2.45, 2.75) is 33.4 Å². The topological polar surface area (TPSA) is 126 Å². The number of Topliss-reactive ketones (excluding diaryl/α,β-unsaturated/α-hetero) is 2. The number of aliphatic hydroxyl groups is 1. The number of aromatic nitrogens is 1. The maximum absolute atomic E-state index is 13.6. The fourth-order valence-electron chi connectivity index (χ4n) is 4.90. The number of anilines is 1. The number of ether oxygens (including phenoxy) is 2. The summed E-state index contributed by atoms with van der Waals surface area (Å²) in [7, 11) is 1.37. The van der Waals surface area contributed by atoms with E-state index in [9.17, 15) is 24.6 Å². The summed E-state index contributed by atoms with van der Waals surface area (Å²) in [6.45, 7) is 5.39. The standard InChI is InChI=1S/C32H27BrN2O7S/c1-16-6-5-7-19(12-16)15-42-22-10-8-20(9-11-22)27(37)25-26(21-13-23(33)28(38)24(14-21)41-4)35(31(40)29(25)39)32-34-17(2)30(43-32)18(3)36/h5-14,26,37-38H,15H2,1-4H3/b27-25+. The first-order valence-corrected chi connectivity index (χ1v) is 14.8. The molecule has 0 spiro atoms. The molecule has 43 heavy (non-hydrogen) atoms. The highest BCUT2D eigenvalue weighted by Crippen LogP contribution is 2.47. The summed E-state index contributed by atoms with van der Waals surface area (Å²) < 4.78 is 11.5. The first kappa shape index (κ1) is 30.0. The van der Waals surface area contributed by atoms with Gasteiger partial charge in [-0.25, -0.2) is 4.98 Å². The molecule has 1 aliphatic heterocycles. The number of aliphatic hydroxyl groups excluding tert-OH is 1. The maximum Gasteiger partial charge on any atom is 0.301 e. The number of phenolic OH excluding ortho intramolecular Hbond substituents is 1. The van der Waals surface area contributed by atoms with E-state index >= 15 is 0 Å². The van der Waals surface area contributed by atoms with Gasteiger partial charge in [-0.05, 0) is 77.3 Å². The number of carbonyl (C=O) groups is 3. The van der Waals surface area contributed by atoms with Crippen LogP contribution in [0.4, 0.5) is 5.13 Å². The number of benzene rings is 3. The summed E-state index contributed by atoms with van der Waals surface area (Å²) in [5, 5.41) is 22.1. The van der Waals surface area contributed by atoms with E-state index in [1.54, 1.807) is 31.2 Å². The molecule has 1 unspecified atom stereocenters. The maximum atomic E-state index is 13.6. The molecular formula is C32H27BrN2O7S. The number of methoxy groups -OCH3 is 1. The predicted octanol–water partition coefficient (Wildman–Crippen LogP) is 6.64. The Bertz CT molecular complexity index is 1800. The number of phenols is 1. The Hall–Kier alpha value is -4.48. The highest BCUT2D eigenvalue weighted by Gasteiger charge is 2.48. The molecule has 9 nitrogen and oxygen atoms in total. The van der Waals surface area contributed by atoms with Crippen LogP contribution in [0.3, 0.4) is 0 Å². The number of rotatable bonds is 8. The zero-order valence-electron chi connectivity index (χ0n) is 23.7. The molecule has 1 aliphatic rings.